The van der Waals surface area contributed by atoms with Crippen molar-refractivity contribution >= 4 is 5.69 Å². The molecule has 22 heavy (non-hydrogen) atoms. The molecule has 3 nitrogen and oxygen atoms in total. The van der Waals surface area contributed by atoms with Gasteiger partial charge in [0, 0.05) is 6.54 Å². The lowest BCUT2D eigenvalue weighted by Crippen LogP contribution is -2.34. The zero-order valence-corrected chi connectivity index (χ0v) is 13.1. The van der Waals surface area contributed by atoms with E-state index in [1.165, 1.54) is 11.6 Å². The molecule has 0 spiro atoms. The third-order valence-corrected chi connectivity index (χ3v) is 4.35. The molecule has 0 radical (unpaired) electrons. The Morgan fingerprint density at radius 1 is 1.09 bits per heavy atom. The average Bonchev–Trinajstić information content (AvgIpc) is 2.55. The van der Waals surface area contributed by atoms with Crippen molar-refractivity contribution in [2.45, 2.75) is 19.4 Å². The fourth-order valence-electron chi connectivity index (χ4n) is 3.16. The monoisotopic (exact) mass is 301 g/mol. The number of hydrogen-bond donors (Lipinski definition) is 0. The van der Waals surface area contributed by atoms with Crippen LogP contribution in [-0.4, -0.2) is 20.8 Å². The van der Waals surface area contributed by atoms with Crippen LogP contribution in [0.2, 0.25) is 0 Å². The Kier molecular flexibility index (Phi) is 3.92. The molecule has 1 unspecified atom stereocenters. The number of methoxy groups -OCH3 is 2. The predicted molar refractivity (Wildman–Crippen MR) is 85.4 cm³/mol. The van der Waals surface area contributed by atoms with Crippen molar-refractivity contribution in [2.75, 3.05) is 25.7 Å². The molecule has 1 heterocycles. The van der Waals surface area contributed by atoms with E-state index in [4.69, 9.17) is 9.47 Å². The Bertz CT molecular complexity index is 687. The van der Waals surface area contributed by atoms with E-state index in [1.807, 2.05) is 24.3 Å². The Morgan fingerprint density at radius 3 is 2.45 bits per heavy atom. The third kappa shape index (κ3) is 2.39. The van der Waals surface area contributed by atoms with Gasteiger partial charge in [-0.15, -0.1) is 0 Å². The van der Waals surface area contributed by atoms with Gasteiger partial charge in [-0.1, -0.05) is 12.1 Å². The van der Waals surface area contributed by atoms with E-state index in [-0.39, 0.29) is 11.9 Å². The summed E-state index contributed by atoms with van der Waals surface area (Å²) in [5.41, 5.74) is 3.04. The van der Waals surface area contributed by atoms with Crippen LogP contribution in [0.1, 0.15) is 24.1 Å². The number of para-hydroxylation sites is 1. The molecule has 0 bridgehead atoms. The van der Waals surface area contributed by atoms with Crippen molar-refractivity contribution in [3.63, 3.8) is 0 Å². The number of fused-ring (bicyclic) bond motifs is 1. The largest absolute Gasteiger partial charge is 0.493 e. The van der Waals surface area contributed by atoms with Gasteiger partial charge in [-0.05, 0) is 48.7 Å². The Balaban J connectivity index is 2.02. The van der Waals surface area contributed by atoms with Crippen LogP contribution in [-0.2, 0) is 6.42 Å². The van der Waals surface area contributed by atoms with E-state index < -0.39 is 0 Å². The summed E-state index contributed by atoms with van der Waals surface area (Å²) in [6.07, 6.45) is 0.856. The number of ether oxygens (including phenoxy) is 2. The minimum absolute atomic E-state index is 0.0838. The lowest BCUT2D eigenvalue weighted by molar-refractivity contribution is 0.353. The summed E-state index contributed by atoms with van der Waals surface area (Å²) in [7, 11) is 3.27. The number of benzene rings is 2. The summed E-state index contributed by atoms with van der Waals surface area (Å²) >= 11 is 0. The molecular formula is C18H20FNO2. The van der Waals surface area contributed by atoms with Crippen LogP contribution < -0.4 is 14.4 Å². The topological polar surface area (TPSA) is 21.7 Å². The SMILES string of the molecule is COc1cc2c(cc1OC)C(C)N(c1ccccc1F)CC2. The number of anilines is 1. The normalized spacial score (nSPS) is 17.1. The van der Waals surface area contributed by atoms with Crippen molar-refractivity contribution in [2.24, 2.45) is 0 Å². The smallest absolute Gasteiger partial charge is 0.161 e. The zero-order valence-electron chi connectivity index (χ0n) is 13.1. The Morgan fingerprint density at radius 2 is 1.77 bits per heavy atom. The highest BCUT2D eigenvalue weighted by molar-refractivity contribution is 5.56. The van der Waals surface area contributed by atoms with Crippen molar-refractivity contribution in [1.82, 2.24) is 0 Å². The summed E-state index contributed by atoms with van der Waals surface area (Å²) in [6, 6.07) is 11.0. The van der Waals surface area contributed by atoms with Gasteiger partial charge < -0.3 is 14.4 Å². The maximum absolute atomic E-state index is 14.1. The minimum atomic E-state index is -0.182. The fraction of sp³-hybridized carbons (Fsp3) is 0.333. The molecule has 0 aromatic heterocycles. The van der Waals surface area contributed by atoms with Crippen LogP contribution in [0.4, 0.5) is 10.1 Å². The Hall–Kier alpha value is -2.23. The van der Waals surface area contributed by atoms with Crippen LogP contribution in [0.3, 0.4) is 0 Å². The van der Waals surface area contributed by atoms with Crippen molar-refractivity contribution in [3.05, 3.63) is 53.3 Å². The number of hydrogen-bond acceptors (Lipinski definition) is 3. The van der Waals surface area contributed by atoms with Gasteiger partial charge in [-0.3, -0.25) is 0 Å². The van der Waals surface area contributed by atoms with E-state index in [1.54, 1.807) is 20.3 Å². The first kappa shape index (κ1) is 14.7. The van der Waals surface area contributed by atoms with Crippen LogP contribution in [0.15, 0.2) is 36.4 Å². The van der Waals surface area contributed by atoms with E-state index in [0.29, 0.717) is 11.4 Å². The highest BCUT2D eigenvalue weighted by Crippen LogP contribution is 2.40. The van der Waals surface area contributed by atoms with Gasteiger partial charge in [0.05, 0.1) is 25.9 Å². The first-order valence-electron chi connectivity index (χ1n) is 7.41. The third-order valence-electron chi connectivity index (χ3n) is 4.35. The second-order valence-corrected chi connectivity index (χ2v) is 5.48. The summed E-state index contributed by atoms with van der Waals surface area (Å²) in [4.78, 5) is 2.10. The molecular weight excluding hydrogens is 281 g/mol. The quantitative estimate of drug-likeness (QED) is 0.856. The van der Waals surface area contributed by atoms with Gasteiger partial charge in [-0.25, -0.2) is 4.39 Å². The van der Waals surface area contributed by atoms with Gasteiger partial charge in [0.25, 0.3) is 0 Å². The van der Waals surface area contributed by atoms with E-state index >= 15 is 0 Å². The standard InChI is InChI=1S/C18H20FNO2/c1-12-14-11-18(22-3)17(21-2)10-13(14)8-9-20(12)16-7-5-4-6-15(16)19/h4-7,10-12H,8-9H2,1-3H3. The maximum atomic E-state index is 14.1. The zero-order chi connectivity index (χ0) is 15.7. The molecule has 1 aliphatic rings. The number of nitrogens with zero attached hydrogens (tertiary/aromatic N) is 1. The highest BCUT2D eigenvalue weighted by atomic mass is 19.1. The summed E-state index contributed by atoms with van der Waals surface area (Å²) in [5.74, 6) is 1.27. The first-order chi connectivity index (χ1) is 10.7. The van der Waals surface area contributed by atoms with Gasteiger partial charge in [0.1, 0.15) is 5.82 Å². The fourth-order valence-corrected chi connectivity index (χ4v) is 3.16. The van der Waals surface area contributed by atoms with E-state index in [2.05, 4.69) is 11.8 Å². The molecule has 1 aliphatic heterocycles. The maximum Gasteiger partial charge on any atom is 0.161 e. The summed E-state index contributed by atoms with van der Waals surface area (Å²) in [6.45, 7) is 2.88. The Labute approximate surface area is 130 Å². The van der Waals surface area contributed by atoms with Crippen LogP contribution in [0.5, 0.6) is 11.5 Å². The van der Waals surface area contributed by atoms with Crippen LogP contribution >= 0.6 is 0 Å². The molecule has 2 aromatic carbocycles. The molecule has 0 saturated carbocycles. The van der Waals surface area contributed by atoms with Crippen LogP contribution in [0.25, 0.3) is 0 Å². The van der Waals surface area contributed by atoms with E-state index in [0.717, 1.165) is 24.3 Å². The molecule has 1 atom stereocenters. The molecule has 0 amide bonds. The van der Waals surface area contributed by atoms with Crippen molar-refractivity contribution < 1.29 is 13.9 Å². The highest BCUT2D eigenvalue weighted by Gasteiger charge is 2.27. The molecule has 0 fully saturated rings. The molecule has 0 saturated heterocycles. The second kappa shape index (κ2) is 5.87. The average molecular weight is 301 g/mol. The predicted octanol–water partition coefficient (Wildman–Crippen LogP) is 3.97. The second-order valence-electron chi connectivity index (χ2n) is 5.48. The van der Waals surface area contributed by atoms with Gasteiger partial charge >= 0.3 is 0 Å². The van der Waals surface area contributed by atoms with Gasteiger partial charge in [0.2, 0.25) is 0 Å². The van der Waals surface area contributed by atoms with Crippen molar-refractivity contribution in [3.8, 4) is 11.5 Å². The van der Waals surface area contributed by atoms with E-state index in [9.17, 15) is 4.39 Å². The lowest BCUT2D eigenvalue weighted by atomic mass is 9.92. The number of halogens is 1. The molecule has 4 heteroatoms. The molecule has 0 aliphatic carbocycles. The molecule has 116 valence electrons. The van der Waals surface area contributed by atoms with Gasteiger partial charge in [0.15, 0.2) is 11.5 Å². The van der Waals surface area contributed by atoms with Gasteiger partial charge in [-0.2, -0.15) is 0 Å². The minimum Gasteiger partial charge on any atom is -0.493 e. The molecule has 3 rings (SSSR count). The summed E-state index contributed by atoms with van der Waals surface area (Å²) < 4.78 is 24.9. The van der Waals surface area contributed by atoms with Crippen molar-refractivity contribution in [1.29, 1.82) is 0 Å². The van der Waals surface area contributed by atoms with Crippen LogP contribution in [0, 0.1) is 5.82 Å². The molecule has 2 aromatic rings. The number of rotatable bonds is 3. The lowest BCUT2D eigenvalue weighted by Gasteiger charge is -2.37. The summed E-state index contributed by atoms with van der Waals surface area (Å²) in [5, 5.41) is 0. The first-order valence-corrected chi connectivity index (χ1v) is 7.41. The molecule has 0 N–H and O–H groups in total.